The highest BCUT2D eigenvalue weighted by molar-refractivity contribution is 14.1. The molecule has 1 aromatic carbocycles. The van der Waals surface area contributed by atoms with Gasteiger partial charge in [0.1, 0.15) is 0 Å². The highest BCUT2D eigenvalue weighted by Gasteiger charge is 2.20. The number of anilines is 1. The lowest BCUT2D eigenvalue weighted by Gasteiger charge is -2.22. The fourth-order valence-electron chi connectivity index (χ4n) is 1.86. The first kappa shape index (κ1) is 11.9. The molecule has 2 rings (SSSR count). The minimum Gasteiger partial charge on any atom is -0.324 e. The molecule has 0 unspecified atom stereocenters. The van der Waals surface area contributed by atoms with Gasteiger partial charge < -0.3 is 10.6 Å². The molecule has 0 bridgehead atoms. The number of nitrogens with one attached hydrogen (secondary N) is 2. The highest BCUT2D eigenvalue weighted by Crippen LogP contribution is 2.18. The van der Waals surface area contributed by atoms with E-state index in [4.69, 9.17) is 0 Å². The molecule has 86 valence electrons. The first-order valence-electron chi connectivity index (χ1n) is 5.56. The molecule has 0 aliphatic carbocycles. The van der Waals surface area contributed by atoms with Crippen LogP contribution >= 0.6 is 22.6 Å². The number of halogens is 1. The summed E-state index contributed by atoms with van der Waals surface area (Å²) in [6.45, 7) is 0.948. The summed E-state index contributed by atoms with van der Waals surface area (Å²) in [7, 11) is 0. The second-order valence-corrected chi connectivity index (χ2v) is 5.13. The topological polar surface area (TPSA) is 41.1 Å². The summed E-state index contributed by atoms with van der Waals surface area (Å²) < 4.78 is 1.07. The first-order chi connectivity index (χ1) is 7.77. The largest absolute Gasteiger partial charge is 0.324 e. The summed E-state index contributed by atoms with van der Waals surface area (Å²) in [5.74, 6) is 0.0869. The highest BCUT2D eigenvalue weighted by atomic mass is 127. The zero-order valence-corrected chi connectivity index (χ0v) is 11.2. The van der Waals surface area contributed by atoms with Gasteiger partial charge in [-0.05, 0) is 54.1 Å². The van der Waals surface area contributed by atoms with Crippen molar-refractivity contribution in [2.45, 2.75) is 25.3 Å². The Bertz CT molecular complexity index is 375. The Hall–Kier alpha value is -0.620. The molecule has 1 aliphatic heterocycles. The van der Waals surface area contributed by atoms with Crippen LogP contribution in [0.25, 0.3) is 0 Å². The summed E-state index contributed by atoms with van der Waals surface area (Å²) in [6.07, 6.45) is 3.25. The molecule has 4 heteroatoms. The molecular weight excluding hydrogens is 315 g/mol. The number of para-hydroxylation sites is 1. The van der Waals surface area contributed by atoms with Gasteiger partial charge in [-0.15, -0.1) is 0 Å². The van der Waals surface area contributed by atoms with Crippen molar-refractivity contribution in [1.82, 2.24) is 5.32 Å². The quantitative estimate of drug-likeness (QED) is 0.818. The lowest BCUT2D eigenvalue weighted by Crippen LogP contribution is -2.43. The molecule has 0 aromatic heterocycles. The van der Waals surface area contributed by atoms with Crippen LogP contribution in [0.15, 0.2) is 24.3 Å². The number of hydrogen-bond donors (Lipinski definition) is 2. The van der Waals surface area contributed by atoms with E-state index in [1.807, 2.05) is 24.3 Å². The Kier molecular flexibility index (Phi) is 4.17. The molecule has 1 fully saturated rings. The summed E-state index contributed by atoms with van der Waals surface area (Å²) >= 11 is 2.23. The van der Waals surface area contributed by atoms with Gasteiger partial charge in [0.2, 0.25) is 5.91 Å². The van der Waals surface area contributed by atoms with E-state index in [-0.39, 0.29) is 11.9 Å². The smallest absolute Gasteiger partial charge is 0.241 e. The van der Waals surface area contributed by atoms with Crippen molar-refractivity contribution in [3.8, 4) is 0 Å². The molecule has 1 aromatic rings. The van der Waals surface area contributed by atoms with E-state index in [0.717, 1.165) is 28.6 Å². The molecule has 3 nitrogen and oxygen atoms in total. The Morgan fingerprint density at radius 3 is 2.88 bits per heavy atom. The third-order valence-electron chi connectivity index (χ3n) is 2.76. The van der Waals surface area contributed by atoms with E-state index in [2.05, 4.69) is 33.2 Å². The number of rotatable bonds is 2. The monoisotopic (exact) mass is 330 g/mol. The molecule has 0 spiro atoms. The van der Waals surface area contributed by atoms with Gasteiger partial charge in [-0.3, -0.25) is 4.79 Å². The molecule has 1 aliphatic rings. The van der Waals surface area contributed by atoms with Gasteiger partial charge in [0.15, 0.2) is 0 Å². The second kappa shape index (κ2) is 5.63. The molecule has 1 atom stereocenters. The van der Waals surface area contributed by atoms with Crippen molar-refractivity contribution in [3.63, 3.8) is 0 Å². The van der Waals surface area contributed by atoms with Gasteiger partial charge in [-0.2, -0.15) is 0 Å². The van der Waals surface area contributed by atoms with Crippen LogP contribution in [0.2, 0.25) is 0 Å². The summed E-state index contributed by atoms with van der Waals surface area (Å²) in [5.41, 5.74) is 0.903. The van der Waals surface area contributed by atoms with Crippen LogP contribution in [-0.4, -0.2) is 18.5 Å². The third kappa shape index (κ3) is 2.95. The van der Waals surface area contributed by atoms with Crippen LogP contribution in [0, 0.1) is 3.57 Å². The van der Waals surface area contributed by atoms with E-state index in [9.17, 15) is 4.79 Å². The van der Waals surface area contributed by atoms with Crippen molar-refractivity contribution in [3.05, 3.63) is 27.8 Å². The zero-order valence-electron chi connectivity index (χ0n) is 9.00. The Morgan fingerprint density at radius 1 is 1.38 bits per heavy atom. The van der Waals surface area contributed by atoms with Crippen LogP contribution in [0.5, 0.6) is 0 Å². The minimum atomic E-state index is -0.0234. The van der Waals surface area contributed by atoms with Crippen molar-refractivity contribution < 1.29 is 4.79 Å². The summed E-state index contributed by atoms with van der Waals surface area (Å²) in [5, 5.41) is 6.22. The van der Waals surface area contributed by atoms with Crippen LogP contribution in [0.1, 0.15) is 19.3 Å². The van der Waals surface area contributed by atoms with Crippen LogP contribution in [-0.2, 0) is 4.79 Å². The second-order valence-electron chi connectivity index (χ2n) is 3.97. The van der Waals surface area contributed by atoms with Gasteiger partial charge in [-0.25, -0.2) is 0 Å². The molecule has 0 radical (unpaired) electrons. The fourth-order valence-corrected chi connectivity index (χ4v) is 2.38. The van der Waals surface area contributed by atoms with E-state index in [1.165, 1.54) is 6.42 Å². The number of piperidine rings is 1. The number of amides is 1. The average molecular weight is 330 g/mol. The summed E-state index contributed by atoms with van der Waals surface area (Å²) in [4.78, 5) is 11.9. The predicted octanol–water partition coefficient (Wildman–Crippen LogP) is 2.37. The first-order valence-corrected chi connectivity index (χ1v) is 6.64. The lowest BCUT2D eigenvalue weighted by atomic mass is 10.0. The van der Waals surface area contributed by atoms with Crippen LogP contribution in [0.4, 0.5) is 5.69 Å². The molecule has 16 heavy (non-hydrogen) atoms. The number of carbonyl (C=O) groups is 1. The van der Waals surface area contributed by atoms with Crippen LogP contribution in [0.3, 0.4) is 0 Å². The molecule has 0 saturated carbocycles. The van der Waals surface area contributed by atoms with Crippen LogP contribution < -0.4 is 10.6 Å². The van der Waals surface area contributed by atoms with Crippen molar-refractivity contribution >= 4 is 34.2 Å². The normalized spacial score (nSPS) is 20.4. The lowest BCUT2D eigenvalue weighted by molar-refractivity contribution is -0.118. The van der Waals surface area contributed by atoms with Crippen molar-refractivity contribution in [2.24, 2.45) is 0 Å². The van der Waals surface area contributed by atoms with E-state index >= 15 is 0 Å². The molecular formula is C12H15IN2O. The molecule has 1 heterocycles. The molecule has 1 saturated heterocycles. The average Bonchev–Trinajstić information content (AvgIpc) is 2.33. The number of hydrogen-bond acceptors (Lipinski definition) is 2. The van der Waals surface area contributed by atoms with Gasteiger partial charge >= 0.3 is 0 Å². The Balaban J connectivity index is 1.99. The fraction of sp³-hybridized carbons (Fsp3) is 0.417. The van der Waals surface area contributed by atoms with E-state index in [1.54, 1.807) is 0 Å². The Morgan fingerprint density at radius 2 is 2.19 bits per heavy atom. The number of benzene rings is 1. The van der Waals surface area contributed by atoms with Gasteiger partial charge in [0.25, 0.3) is 0 Å². The maximum absolute atomic E-state index is 11.9. The number of carbonyl (C=O) groups excluding carboxylic acids is 1. The van der Waals surface area contributed by atoms with Gasteiger partial charge in [0.05, 0.1) is 11.7 Å². The SMILES string of the molecule is O=C(Nc1ccccc1I)[C@H]1CCCCN1. The van der Waals surface area contributed by atoms with Gasteiger partial charge in [-0.1, -0.05) is 18.6 Å². The standard InChI is InChI=1S/C12H15IN2O/c13-9-5-1-2-6-10(9)15-12(16)11-7-3-4-8-14-11/h1-2,5-6,11,14H,3-4,7-8H2,(H,15,16)/t11-/m1/s1. The third-order valence-corrected chi connectivity index (χ3v) is 3.70. The molecule has 1 amide bonds. The van der Waals surface area contributed by atoms with E-state index in [0.29, 0.717) is 0 Å². The minimum absolute atomic E-state index is 0.0234. The predicted molar refractivity (Wildman–Crippen MR) is 73.4 cm³/mol. The van der Waals surface area contributed by atoms with E-state index < -0.39 is 0 Å². The maximum Gasteiger partial charge on any atom is 0.241 e. The van der Waals surface area contributed by atoms with Gasteiger partial charge in [0, 0.05) is 3.57 Å². The van der Waals surface area contributed by atoms with Crippen molar-refractivity contribution in [2.75, 3.05) is 11.9 Å². The Labute approximate surface area is 109 Å². The van der Waals surface area contributed by atoms with Crippen molar-refractivity contribution in [1.29, 1.82) is 0 Å². The summed E-state index contributed by atoms with van der Waals surface area (Å²) in [6, 6.07) is 7.81. The zero-order chi connectivity index (χ0) is 11.4. The maximum atomic E-state index is 11.9. The molecule has 2 N–H and O–H groups in total.